The third kappa shape index (κ3) is 5.99. The van der Waals surface area contributed by atoms with E-state index in [0.717, 1.165) is 18.2 Å². The van der Waals surface area contributed by atoms with E-state index < -0.39 is 67.7 Å². The average molecular weight is 532 g/mol. The van der Waals surface area contributed by atoms with Crippen LogP contribution in [0, 0.1) is 5.92 Å². The smallest absolute Gasteiger partial charge is 0.276 e. The first-order valence-corrected chi connectivity index (χ1v) is 11.9. The lowest BCUT2D eigenvalue weighted by Gasteiger charge is -2.23. The van der Waals surface area contributed by atoms with Gasteiger partial charge in [-0.25, -0.2) is 15.8 Å². The molecule has 13 heteroatoms. The number of ketones is 3. The molecule has 3 aromatic carbocycles. The minimum atomic E-state index is -5.40. The van der Waals surface area contributed by atoms with Crippen molar-refractivity contribution in [3.05, 3.63) is 89.5 Å². The molecule has 0 fully saturated rings. The van der Waals surface area contributed by atoms with E-state index in [1.807, 2.05) is 0 Å². The zero-order valence-corrected chi connectivity index (χ0v) is 19.6. The summed E-state index contributed by atoms with van der Waals surface area (Å²) in [6.45, 7) is 0. The second-order valence-electron chi connectivity index (χ2n) is 7.66. The Morgan fingerprint density at radius 1 is 0.649 bits per heavy atom. The number of benzene rings is 3. The predicted octanol–water partition coefficient (Wildman–Crippen LogP) is 3.45. The molecule has 0 radical (unpaired) electrons. The molecule has 0 bridgehead atoms. The number of rotatable bonds is 12. The quantitative estimate of drug-likeness (QED) is 0.115. The van der Waals surface area contributed by atoms with Crippen LogP contribution in [0.15, 0.2) is 72.8 Å². The maximum Gasteiger partial charge on any atom is 0.276 e. The van der Waals surface area contributed by atoms with Gasteiger partial charge in [0.05, 0.1) is 22.6 Å². The molecule has 0 heterocycles. The minimum Gasteiger partial charge on any atom is -0.339 e. The van der Waals surface area contributed by atoms with Crippen molar-refractivity contribution in [2.75, 3.05) is 0 Å². The first-order valence-electron chi connectivity index (χ1n) is 10.4. The molecule has 37 heavy (non-hydrogen) atoms. The summed E-state index contributed by atoms with van der Waals surface area (Å²) >= 11 is 0. The molecule has 12 nitrogen and oxygen atoms in total. The van der Waals surface area contributed by atoms with Gasteiger partial charge in [0.1, 0.15) is 0 Å². The molecular formula is C24H20O12S. The van der Waals surface area contributed by atoms with Crippen LogP contribution in [0.3, 0.4) is 0 Å². The molecule has 0 aliphatic rings. The van der Waals surface area contributed by atoms with Crippen molar-refractivity contribution in [1.29, 1.82) is 0 Å². The van der Waals surface area contributed by atoms with Gasteiger partial charge in [-0.1, -0.05) is 36.4 Å². The van der Waals surface area contributed by atoms with Crippen LogP contribution in [0.1, 0.15) is 37.5 Å². The number of hydrogen-bond donors (Lipinski definition) is 4. The van der Waals surface area contributed by atoms with Crippen LogP contribution in [0.2, 0.25) is 0 Å². The number of Topliss-reactive ketones (excluding diaryl/α,β-unsaturated/α-hetero) is 3. The van der Waals surface area contributed by atoms with Crippen LogP contribution in [0.5, 0.6) is 17.2 Å². The highest BCUT2D eigenvalue weighted by molar-refractivity contribution is 7.87. The topological polar surface area (TPSA) is 194 Å². The summed E-state index contributed by atoms with van der Waals surface area (Å²) in [5.41, 5.74) is -1.17. The Morgan fingerprint density at radius 3 is 1.46 bits per heavy atom. The summed E-state index contributed by atoms with van der Waals surface area (Å²) in [5.74, 6) is -6.73. The molecular weight excluding hydrogens is 512 g/mol. The van der Waals surface area contributed by atoms with Gasteiger partial charge >= 0.3 is 0 Å². The Morgan fingerprint density at radius 2 is 1.03 bits per heavy atom. The van der Waals surface area contributed by atoms with E-state index in [1.54, 1.807) is 0 Å². The molecule has 2 atom stereocenters. The molecule has 4 N–H and O–H groups in total. The third-order valence-electron chi connectivity index (χ3n) is 5.47. The van der Waals surface area contributed by atoms with E-state index in [2.05, 4.69) is 14.7 Å². The van der Waals surface area contributed by atoms with E-state index in [4.69, 9.17) is 10.5 Å². The summed E-state index contributed by atoms with van der Waals surface area (Å²) in [6.07, 6.45) is -0.975. The van der Waals surface area contributed by atoms with Gasteiger partial charge in [-0.15, -0.1) is 0 Å². The monoisotopic (exact) mass is 532 g/mol. The van der Waals surface area contributed by atoms with Crippen molar-refractivity contribution in [2.45, 2.75) is 11.7 Å². The fourth-order valence-electron chi connectivity index (χ4n) is 3.80. The number of carbonyl (C=O) groups excluding carboxylic acids is 3. The van der Waals surface area contributed by atoms with E-state index in [9.17, 15) is 32.6 Å². The van der Waals surface area contributed by atoms with E-state index in [-0.39, 0.29) is 11.3 Å². The van der Waals surface area contributed by atoms with Gasteiger partial charge < -0.3 is 14.7 Å². The molecule has 0 aliphatic carbocycles. The molecule has 0 amide bonds. The fraction of sp³-hybridized carbons (Fsp3) is 0.125. The van der Waals surface area contributed by atoms with Gasteiger partial charge in [-0.05, 0) is 36.4 Å². The molecule has 194 valence electrons. The summed E-state index contributed by atoms with van der Waals surface area (Å²) in [7, 11) is -5.40. The van der Waals surface area contributed by atoms with Crippen molar-refractivity contribution in [3.63, 3.8) is 0 Å². The van der Waals surface area contributed by atoms with Gasteiger partial charge in [0.25, 0.3) is 10.1 Å². The van der Waals surface area contributed by atoms with Gasteiger partial charge in [0, 0.05) is 6.42 Å². The molecule has 0 aliphatic heterocycles. The zero-order valence-electron chi connectivity index (χ0n) is 18.8. The SMILES string of the molecule is O=C(CC(C(=O)c1ccccc1OO)C(C(=O)c1ccccc1OO)S(=O)(=O)O)c1ccccc1OO. The number of hydrogen-bond acceptors (Lipinski definition) is 11. The van der Waals surface area contributed by atoms with E-state index in [1.165, 1.54) is 54.6 Å². The van der Waals surface area contributed by atoms with Crippen LogP contribution in [0.4, 0.5) is 0 Å². The van der Waals surface area contributed by atoms with Gasteiger partial charge in [0.2, 0.25) is 0 Å². The first kappa shape index (κ1) is 27.4. The molecule has 0 spiro atoms. The van der Waals surface area contributed by atoms with Crippen LogP contribution in [-0.4, -0.2) is 51.3 Å². The van der Waals surface area contributed by atoms with E-state index >= 15 is 0 Å². The number of para-hydroxylation sites is 3. The standard InChI is InChI=1S/C24H20O12S/c25-18(14-7-1-4-10-19(14)34-28)13-17(22(26)15-8-2-5-11-20(15)35-29)24(37(31,32)33)23(27)16-9-3-6-12-21(16)36-30/h1-12,17,24,28-30H,13H2,(H,31,32,33). The van der Waals surface area contributed by atoms with Gasteiger partial charge in [-0.2, -0.15) is 8.42 Å². The maximum absolute atomic E-state index is 13.6. The third-order valence-corrected chi connectivity index (χ3v) is 6.66. The molecule has 0 aromatic heterocycles. The summed E-state index contributed by atoms with van der Waals surface area (Å²) in [6, 6.07) is 15.2. The van der Waals surface area contributed by atoms with Crippen molar-refractivity contribution < 1.29 is 57.8 Å². The lowest BCUT2D eigenvalue weighted by atomic mass is 9.85. The average Bonchev–Trinajstić information content (AvgIpc) is 2.91. The number of carbonyl (C=O) groups is 3. The maximum atomic E-state index is 13.6. The molecule has 2 unspecified atom stereocenters. The second kappa shape index (κ2) is 11.7. The molecule has 3 rings (SSSR count). The van der Waals surface area contributed by atoms with Crippen molar-refractivity contribution in [3.8, 4) is 17.2 Å². The normalized spacial score (nSPS) is 12.8. The highest BCUT2D eigenvalue weighted by atomic mass is 32.2. The largest absolute Gasteiger partial charge is 0.339 e. The molecule has 3 aromatic rings. The Bertz CT molecular complexity index is 1420. The fourth-order valence-corrected chi connectivity index (χ4v) is 4.83. The van der Waals surface area contributed by atoms with Gasteiger partial charge in [-0.3, -0.25) is 18.9 Å². The Kier molecular flexibility index (Phi) is 8.70. The Hall–Kier alpha value is -4.14. The van der Waals surface area contributed by atoms with Crippen LogP contribution < -0.4 is 14.7 Å². The molecule has 0 saturated heterocycles. The van der Waals surface area contributed by atoms with Crippen molar-refractivity contribution >= 4 is 27.5 Å². The Balaban J connectivity index is 2.20. The Labute approximate surface area is 209 Å². The lowest BCUT2D eigenvalue weighted by molar-refractivity contribution is -0.138. The second-order valence-corrected chi connectivity index (χ2v) is 9.20. The summed E-state index contributed by atoms with van der Waals surface area (Å²) < 4.78 is 35.2. The highest BCUT2D eigenvalue weighted by Gasteiger charge is 2.45. The first-order chi connectivity index (χ1) is 17.6. The van der Waals surface area contributed by atoms with Crippen LogP contribution in [-0.2, 0) is 10.1 Å². The van der Waals surface area contributed by atoms with E-state index in [0.29, 0.717) is 0 Å². The lowest BCUT2D eigenvalue weighted by Crippen LogP contribution is -2.42. The summed E-state index contributed by atoms with van der Waals surface area (Å²) in [5, 5.41) is 24.9. The van der Waals surface area contributed by atoms with Crippen molar-refractivity contribution in [1.82, 2.24) is 0 Å². The van der Waals surface area contributed by atoms with Crippen LogP contribution in [0.25, 0.3) is 0 Å². The van der Waals surface area contributed by atoms with Crippen LogP contribution >= 0.6 is 0 Å². The highest BCUT2D eigenvalue weighted by Crippen LogP contribution is 2.32. The van der Waals surface area contributed by atoms with Gasteiger partial charge in [0.15, 0.2) is 39.8 Å². The zero-order chi connectivity index (χ0) is 27.2. The minimum absolute atomic E-state index is 0.255. The predicted molar refractivity (Wildman–Crippen MR) is 126 cm³/mol. The van der Waals surface area contributed by atoms with Crippen molar-refractivity contribution in [2.24, 2.45) is 5.92 Å². The molecule has 0 saturated carbocycles. The summed E-state index contributed by atoms with van der Waals surface area (Å²) in [4.78, 5) is 52.6.